The van der Waals surface area contributed by atoms with E-state index in [9.17, 15) is 4.39 Å². The highest BCUT2D eigenvalue weighted by molar-refractivity contribution is 5.29. The second-order valence-corrected chi connectivity index (χ2v) is 4.94. The maximum atomic E-state index is 13.4. The van der Waals surface area contributed by atoms with E-state index in [1.54, 1.807) is 6.07 Å². The van der Waals surface area contributed by atoms with E-state index in [4.69, 9.17) is 10.5 Å². The van der Waals surface area contributed by atoms with Gasteiger partial charge in [0.05, 0.1) is 7.11 Å². The molecule has 3 nitrogen and oxygen atoms in total. The first-order chi connectivity index (χ1) is 7.98. The van der Waals surface area contributed by atoms with E-state index in [0.717, 1.165) is 12.1 Å². The fraction of sp³-hybridized carbons (Fsp3) is 0.538. The molecule has 0 heterocycles. The van der Waals surface area contributed by atoms with E-state index in [2.05, 4.69) is 19.2 Å². The summed E-state index contributed by atoms with van der Waals surface area (Å²) < 4.78 is 18.3. The van der Waals surface area contributed by atoms with Gasteiger partial charge in [-0.2, -0.15) is 0 Å². The van der Waals surface area contributed by atoms with Gasteiger partial charge in [0.15, 0.2) is 11.6 Å². The van der Waals surface area contributed by atoms with Crippen LogP contribution in [0.15, 0.2) is 18.2 Å². The van der Waals surface area contributed by atoms with E-state index in [1.807, 2.05) is 6.07 Å². The maximum absolute atomic E-state index is 13.4. The van der Waals surface area contributed by atoms with Gasteiger partial charge in [-0.1, -0.05) is 19.9 Å². The molecule has 0 saturated heterocycles. The number of hydrogen-bond acceptors (Lipinski definition) is 3. The van der Waals surface area contributed by atoms with E-state index in [-0.39, 0.29) is 17.0 Å². The molecular formula is C13H21FN2O. The van der Waals surface area contributed by atoms with E-state index >= 15 is 0 Å². The van der Waals surface area contributed by atoms with Crippen molar-refractivity contribution < 1.29 is 9.13 Å². The predicted molar refractivity (Wildman–Crippen MR) is 67.5 cm³/mol. The van der Waals surface area contributed by atoms with Gasteiger partial charge in [0.2, 0.25) is 0 Å². The van der Waals surface area contributed by atoms with Gasteiger partial charge in [-0.15, -0.1) is 0 Å². The Balaban J connectivity index is 2.50. The molecule has 0 spiro atoms. The number of nitrogens with one attached hydrogen (secondary N) is 1. The van der Waals surface area contributed by atoms with Gasteiger partial charge in [-0.05, 0) is 29.7 Å². The van der Waals surface area contributed by atoms with E-state index in [0.29, 0.717) is 13.1 Å². The lowest BCUT2D eigenvalue weighted by molar-refractivity contribution is 0.351. The Morgan fingerprint density at radius 1 is 1.41 bits per heavy atom. The Kier molecular flexibility index (Phi) is 4.90. The third kappa shape index (κ3) is 4.32. The van der Waals surface area contributed by atoms with Crippen molar-refractivity contribution in [2.75, 3.05) is 20.2 Å². The predicted octanol–water partition coefficient (Wildman–Crippen LogP) is 1.91. The summed E-state index contributed by atoms with van der Waals surface area (Å²) in [7, 11) is 1.46. The first-order valence-corrected chi connectivity index (χ1v) is 5.72. The summed E-state index contributed by atoms with van der Waals surface area (Å²) >= 11 is 0. The first kappa shape index (κ1) is 13.9. The minimum absolute atomic E-state index is 0.0605. The second-order valence-electron chi connectivity index (χ2n) is 4.94. The number of hydrogen-bond donors (Lipinski definition) is 2. The van der Waals surface area contributed by atoms with Crippen molar-refractivity contribution >= 4 is 0 Å². The molecule has 1 rings (SSSR count). The molecule has 0 amide bonds. The summed E-state index contributed by atoms with van der Waals surface area (Å²) in [5.74, 6) is -0.0547. The maximum Gasteiger partial charge on any atom is 0.165 e. The van der Waals surface area contributed by atoms with Crippen molar-refractivity contribution in [3.8, 4) is 5.75 Å². The Labute approximate surface area is 102 Å². The summed E-state index contributed by atoms with van der Waals surface area (Å²) in [5, 5.41) is 3.27. The quantitative estimate of drug-likeness (QED) is 0.798. The van der Waals surface area contributed by atoms with Crippen LogP contribution in [0.3, 0.4) is 0 Å². The fourth-order valence-corrected chi connectivity index (χ4v) is 1.44. The molecule has 0 aromatic heterocycles. The SMILES string of the molecule is COc1ccc(CNCC(C)(C)CN)cc1F. The lowest BCUT2D eigenvalue weighted by Crippen LogP contribution is -2.35. The Bertz CT molecular complexity index is 366. The van der Waals surface area contributed by atoms with Crippen molar-refractivity contribution in [2.24, 2.45) is 11.1 Å². The van der Waals surface area contributed by atoms with Crippen LogP contribution in [0.1, 0.15) is 19.4 Å². The number of nitrogens with two attached hydrogens (primary N) is 1. The molecule has 0 fully saturated rings. The molecule has 1 aromatic carbocycles. The molecule has 0 radical (unpaired) electrons. The summed E-state index contributed by atoms with van der Waals surface area (Å²) in [6.45, 7) is 6.24. The van der Waals surface area contributed by atoms with Gasteiger partial charge < -0.3 is 15.8 Å². The Hall–Kier alpha value is -1.13. The van der Waals surface area contributed by atoms with Crippen LogP contribution in [0.25, 0.3) is 0 Å². The highest BCUT2D eigenvalue weighted by atomic mass is 19.1. The fourth-order valence-electron chi connectivity index (χ4n) is 1.44. The van der Waals surface area contributed by atoms with Crippen molar-refractivity contribution in [1.82, 2.24) is 5.32 Å². The Morgan fingerprint density at radius 3 is 2.65 bits per heavy atom. The van der Waals surface area contributed by atoms with Crippen LogP contribution in [0, 0.1) is 11.2 Å². The molecule has 0 unspecified atom stereocenters. The normalized spacial score (nSPS) is 11.6. The van der Waals surface area contributed by atoms with Gasteiger partial charge in [0, 0.05) is 13.1 Å². The van der Waals surface area contributed by atoms with Crippen molar-refractivity contribution in [3.05, 3.63) is 29.6 Å². The molecule has 0 atom stereocenters. The number of benzene rings is 1. The molecule has 0 aliphatic carbocycles. The van der Waals surface area contributed by atoms with Crippen molar-refractivity contribution in [1.29, 1.82) is 0 Å². The molecule has 3 N–H and O–H groups in total. The molecule has 17 heavy (non-hydrogen) atoms. The van der Waals surface area contributed by atoms with Crippen LogP contribution in [-0.2, 0) is 6.54 Å². The second kappa shape index (κ2) is 5.98. The number of methoxy groups -OCH3 is 1. The van der Waals surface area contributed by atoms with Crippen LogP contribution in [-0.4, -0.2) is 20.2 Å². The van der Waals surface area contributed by atoms with E-state index < -0.39 is 0 Å². The van der Waals surface area contributed by atoms with Gasteiger partial charge in [-0.3, -0.25) is 0 Å². The van der Waals surface area contributed by atoms with E-state index in [1.165, 1.54) is 13.2 Å². The average Bonchev–Trinajstić information content (AvgIpc) is 2.29. The van der Waals surface area contributed by atoms with Crippen LogP contribution in [0.5, 0.6) is 5.75 Å². The number of ether oxygens (including phenoxy) is 1. The number of halogens is 1. The van der Waals surface area contributed by atoms with Gasteiger partial charge in [0.1, 0.15) is 0 Å². The lowest BCUT2D eigenvalue weighted by Gasteiger charge is -2.22. The monoisotopic (exact) mass is 240 g/mol. The van der Waals surface area contributed by atoms with Crippen LogP contribution >= 0.6 is 0 Å². The highest BCUT2D eigenvalue weighted by Crippen LogP contribution is 2.18. The summed E-state index contributed by atoms with van der Waals surface area (Å²) in [4.78, 5) is 0. The molecule has 0 saturated carbocycles. The van der Waals surface area contributed by atoms with Gasteiger partial charge >= 0.3 is 0 Å². The van der Waals surface area contributed by atoms with Crippen molar-refractivity contribution in [2.45, 2.75) is 20.4 Å². The molecule has 4 heteroatoms. The summed E-state index contributed by atoms with van der Waals surface area (Å²) in [6, 6.07) is 4.98. The Morgan fingerprint density at radius 2 is 2.12 bits per heavy atom. The topological polar surface area (TPSA) is 47.3 Å². The highest BCUT2D eigenvalue weighted by Gasteiger charge is 2.14. The molecule has 96 valence electrons. The van der Waals surface area contributed by atoms with Gasteiger partial charge in [0.25, 0.3) is 0 Å². The smallest absolute Gasteiger partial charge is 0.165 e. The average molecular weight is 240 g/mol. The van der Waals surface area contributed by atoms with Crippen LogP contribution in [0.4, 0.5) is 4.39 Å². The number of rotatable bonds is 6. The zero-order valence-corrected chi connectivity index (χ0v) is 10.7. The zero-order chi connectivity index (χ0) is 12.9. The first-order valence-electron chi connectivity index (χ1n) is 5.72. The zero-order valence-electron chi connectivity index (χ0n) is 10.7. The van der Waals surface area contributed by atoms with Gasteiger partial charge in [-0.25, -0.2) is 4.39 Å². The minimum Gasteiger partial charge on any atom is -0.494 e. The molecular weight excluding hydrogens is 219 g/mol. The third-order valence-electron chi connectivity index (χ3n) is 2.70. The standard InChI is InChI=1S/C13H21FN2O/c1-13(2,8-15)9-16-7-10-4-5-12(17-3)11(14)6-10/h4-6,16H,7-9,15H2,1-3H3. The minimum atomic E-state index is -0.329. The summed E-state index contributed by atoms with van der Waals surface area (Å²) in [6.07, 6.45) is 0. The summed E-state index contributed by atoms with van der Waals surface area (Å²) in [5.41, 5.74) is 6.59. The molecule has 0 bridgehead atoms. The van der Waals surface area contributed by atoms with Crippen molar-refractivity contribution in [3.63, 3.8) is 0 Å². The molecule has 0 aliphatic rings. The third-order valence-corrected chi connectivity index (χ3v) is 2.70. The van der Waals surface area contributed by atoms with Crippen LogP contribution in [0.2, 0.25) is 0 Å². The largest absolute Gasteiger partial charge is 0.494 e. The molecule has 1 aromatic rings. The molecule has 0 aliphatic heterocycles. The van der Waals surface area contributed by atoms with Crippen LogP contribution < -0.4 is 15.8 Å². The lowest BCUT2D eigenvalue weighted by atomic mass is 9.94.